The molecule has 1 aromatic heterocycles. The van der Waals surface area contributed by atoms with Crippen LogP contribution >= 0.6 is 11.3 Å². The summed E-state index contributed by atoms with van der Waals surface area (Å²) in [5.74, 6) is 0.710. The molecule has 5 heteroatoms. The Balaban J connectivity index is 1.59. The molecule has 0 aromatic carbocycles. The summed E-state index contributed by atoms with van der Waals surface area (Å²) in [4.78, 5) is 11.5. The smallest absolute Gasteiger partial charge is 0.186 e. The van der Waals surface area contributed by atoms with Crippen LogP contribution in [0.15, 0.2) is 0 Å². The molecule has 2 saturated heterocycles. The van der Waals surface area contributed by atoms with Gasteiger partial charge in [-0.15, -0.1) is 11.3 Å². The maximum absolute atomic E-state index is 5.92. The van der Waals surface area contributed by atoms with Crippen LogP contribution in [0.25, 0.3) is 0 Å². The van der Waals surface area contributed by atoms with Gasteiger partial charge in [-0.05, 0) is 39.2 Å². The molecule has 1 aromatic rings. The molecule has 0 amide bonds. The van der Waals surface area contributed by atoms with Crippen molar-refractivity contribution in [3.8, 4) is 0 Å². The van der Waals surface area contributed by atoms with E-state index in [1.54, 1.807) is 0 Å². The first-order valence-corrected chi connectivity index (χ1v) is 8.78. The van der Waals surface area contributed by atoms with Crippen molar-refractivity contribution in [2.45, 2.75) is 57.2 Å². The average molecular weight is 292 g/mol. The van der Waals surface area contributed by atoms with E-state index in [0.29, 0.717) is 18.5 Å². The molecular weight excluding hydrogens is 268 g/mol. The van der Waals surface area contributed by atoms with E-state index in [2.05, 4.69) is 16.7 Å². The maximum Gasteiger partial charge on any atom is 0.186 e. The lowest BCUT2D eigenvalue weighted by Gasteiger charge is -2.42. The zero-order valence-electron chi connectivity index (χ0n) is 12.2. The molecule has 4 rings (SSSR count). The van der Waals surface area contributed by atoms with E-state index in [4.69, 9.17) is 10.7 Å². The Morgan fingerprint density at radius 1 is 1.30 bits per heavy atom. The van der Waals surface area contributed by atoms with Gasteiger partial charge in [0.1, 0.15) is 0 Å². The van der Waals surface area contributed by atoms with Gasteiger partial charge in [-0.25, -0.2) is 4.98 Å². The predicted octanol–water partition coefficient (Wildman–Crippen LogP) is 2.15. The minimum atomic E-state index is 0.577. The van der Waals surface area contributed by atoms with Crippen LogP contribution < -0.4 is 10.6 Å². The second-order valence-electron chi connectivity index (χ2n) is 6.58. The molecule has 0 radical (unpaired) electrons. The van der Waals surface area contributed by atoms with E-state index in [-0.39, 0.29) is 0 Å². The summed E-state index contributed by atoms with van der Waals surface area (Å²) in [5.41, 5.74) is 7.24. The topological polar surface area (TPSA) is 45.4 Å². The second kappa shape index (κ2) is 4.97. The third-order valence-corrected chi connectivity index (χ3v) is 6.18. The highest BCUT2D eigenvalue weighted by Crippen LogP contribution is 2.44. The van der Waals surface area contributed by atoms with Gasteiger partial charge in [-0.1, -0.05) is 0 Å². The van der Waals surface area contributed by atoms with Crippen molar-refractivity contribution in [2.24, 2.45) is 5.73 Å². The monoisotopic (exact) mass is 292 g/mol. The first kappa shape index (κ1) is 13.0. The van der Waals surface area contributed by atoms with E-state index in [1.807, 2.05) is 11.3 Å². The van der Waals surface area contributed by atoms with E-state index < -0.39 is 0 Å². The zero-order chi connectivity index (χ0) is 13.7. The van der Waals surface area contributed by atoms with Crippen molar-refractivity contribution in [3.63, 3.8) is 0 Å². The summed E-state index contributed by atoms with van der Waals surface area (Å²) < 4.78 is 0. The number of anilines is 1. The Labute approximate surface area is 125 Å². The Hall–Kier alpha value is -0.650. The first-order valence-electron chi connectivity index (χ1n) is 7.96. The molecule has 3 aliphatic rings. The number of rotatable bonds is 3. The van der Waals surface area contributed by atoms with Crippen LogP contribution in [0.3, 0.4) is 0 Å². The number of thiazole rings is 1. The molecule has 3 fully saturated rings. The van der Waals surface area contributed by atoms with Gasteiger partial charge in [-0.3, -0.25) is 4.90 Å². The summed E-state index contributed by atoms with van der Waals surface area (Å²) in [6.45, 7) is 6.64. The van der Waals surface area contributed by atoms with Crippen molar-refractivity contribution in [2.75, 3.05) is 24.5 Å². The van der Waals surface area contributed by atoms with Crippen LogP contribution in [-0.4, -0.2) is 41.6 Å². The fourth-order valence-electron chi connectivity index (χ4n) is 3.75. The van der Waals surface area contributed by atoms with Crippen LogP contribution in [0, 0.1) is 0 Å². The molecule has 2 N–H and O–H groups in total. The predicted molar refractivity (Wildman–Crippen MR) is 83.4 cm³/mol. The van der Waals surface area contributed by atoms with Crippen LogP contribution in [0.5, 0.6) is 0 Å². The van der Waals surface area contributed by atoms with Crippen molar-refractivity contribution in [1.82, 2.24) is 9.88 Å². The SMILES string of the molecule is CC1CN2CCCC2CN1c1nc(C2CC2)c(CN)s1. The summed E-state index contributed by atoms with van der Waals surface area (Å²) in [7, 11) is 0. The number of hydrogen-bond acceptors (Lipinski definition) is 5. The van der Waals surface area contributed by atoms with E-state index in [1.165, 1.54) is 54.5 Å². The minimum Gasteiger partial charge on any atom is -0.343 e. The van der Waals surface area contributed by atoms with Gasteiger partial charge in [0.2, 0.25) is 0 Å². The maximum atomic E-state index is 5.92. The van der Waals surface area contributed by atoms with Crippen LogP contribution in [0.2, 0.25) is 0 Å². The van der Waals surface area contributed by atoms with Gasteiger partial charge in [0.05, 0.1) is 5.69 Å². The Kier molecular flexibility index (Phi) is 3.24. The number of nitrogens with two attached hydrogens (primary N) is 1. The number of nitrogens with zero attached hydrogens (tertiary/aromatic N) is 3. The molecular formula is C15H24N4S. The van der Waals surface area contributed by atoms with Crippen molar-refractivity contribution in [1.29, 1.82) is 0 Å². The Bertz CT molecular complexity index is 496. The molecule has 0 spiro atoms. The van der Waals surface area contributed by atoms with Gasteiger partial charge >= 0.3 is 0 Å². The van der Waals surface area contributed by atoms with Crippen LogP contribution in [0.4, 0.5) is 5.13 Å². The van der Waals surface area contributed by atoms with Crippen LogP contribution in [-0.2, 0) is 6.54 Å². The molecule has 3 heterocycles. The minimum absolute atomic E-state index is 0.577. The van der Waals surface area contributed by atoms with Gasteiger partial charge in [-0.2, -0.15) is 0 Å². The molecule has 110 valence electrons. The largest absolute Gasteiger partial charge is 0.343 e. The van der Waals surface area contributed by atoms with Crippen molar-refractivity contribution < 1.29 is 0 Å². The fourth-order valence-corrected chi connectivity index (χ4v) is 4.89. The summed E-state index contributed by atoms with van der Waals surface area (Å²) >= 11 is 1.84. The first-order chi connectivity index (χ1) is 9.76. The molecule has 2 unspecified atom stereocenters. The van der Waals surface area contributed by atoms with Gasteiger partial charge in [0.15, 0.2) is 5.13 Å². The third kappa shape index (κ3) is 2.16. The normalized spacial score (nSPS) is 30.8. The van der Waals surface area contributed by atoms with E-state index in [0.717, 1.165) is 12.6 Å². The van der Waals surface area contributed by atoms with E-state index >= 15 is 0 Å². The third-order valence-electron chi connectivity index (χ3n) is 5.05. The highest BCUT2D eigenvalue weighted by atomic mass is 32.1. The van der Waals surface area contributed by atoms with E-state index in [9.17, 15) is 0 Å². The lowest BCUT2D eigenvalue weighted by atomic mass is 10.1. The van der Waals surface area contributed by atoms with Gasteiger partial charge in [0, 0.05) is 42.5 Å². The molecule has 2 atom stereocenters. The average Bonchev–Trinajstić information content (AvgIpc) is 3.04. The molecule has 20 heavy (non-hydrogen) atoms. The van der Waals surface area contributed by atoms with Crippen molar-refractivity contribution >= 4 is 16.5 Å². The van der Waals surface area contributed by atoms with Crippen molar-refractivity contribution in [3.05, 3.63) is 10.6 Å². The zero-order valence-corrected chi connectivity index (χ0v) is 13.0. The fraction of sp³-hybridized carbons (Fsp3) is 0.800. The molecule has 2 aliphatic heterocycles. The number of hydrogen-bond donors (Lipinski definition) is 1. The molecule has 0 bridgehead atoms. The highest BCUT2D eigenvalue weighted by Gasteiger charge is 2.37. The molecule has 4 nitrogen and oxygen atoms in total. The lowest BCUT2D eigenvalue weighted by Crippen LogP contribution is -2.55. The Morgan fingerprint density at radius 2 is 2.15 bits per heavy atom. The number of aromatic nitrogens is 1. The lowest BCUT2D eigenvalue weighted by molar-refractivity contribution is 0.203. The standard InChI is InChI=1S/C15H24N4S/c1-10-8-18-6-2-3-12(18)9-19(10)15-17-14(11-4-5-11)13(7-16)20-15/h10-12H,2-9,16H2,1H3. The summed E-state index contributed by atoms with van der Waals surface area (Å²) in [6.07, 6.45) is 5.34. The number of fused-ring (bicyclic) bond motifs is 1. The van der Waals surface area contributed by atoms with Gasteiger partial charge < -0.3 is 10.6 Å². The Morgan fingerprint density at radius 3 is 2.90 bits per heavy atom. The second-order valence-corrected chi connectivity index (χ2v) is 7.64. The quantitative estimate of drug-likeness (QED) is 0.927. The molecule has 1 aliphatic carbocycles. The summed E-state index contributed by atoms with van der Waals surface area (Å²) in [5, 5.41) is 1.23. The highest BCUT2D eigenvalue weighted by molar-refractivity contribution is 7.15. The summed E-state index contributed by atoms with van der Waals surface area (Å²) in [6, 6.07) is 1.33. The van der Waals surface area contributed by atoms with Crippen LogP contribution in [0.1, 0.15) is 49.1 Å². The molecule has 1 saturated carbocycles. The van der Waals surface area contributed by atoms with Gasteiger partial charge in [0.25, 0.3) is 0 Å². The number of piperazine rings is 1.